The fraction of sp³-hybridized carbons (Fsp3) is 0. The molecule has 0 spiro atoms. The fourth-order valence-electron chi connectivity index (χ4n) is 0.844. The van der Waals surface area contributed by atoms with Gasteiger partial charge < -0.3 is 0 Å². The van der Waals surface area contributed by atoms with Crippen LogP contribution in [0.15, 0.2) is 17.1 Å². The van der Waals surface area contributed by atoms with Crippen molar-refractivity contribution in [3.05, 3.63) is 35.1 Å². The second-order valence-electron chi connectivity index (χ2n) is 2.25. The summed E-state index contributed by atoms with van der Waals surface area (Å²) in [6.07, 6.45) is 0.833. The van der Waals surface area contributed by atoms with E-state index in [1.165, 1.54) is 0 Å². The van der Waals surface area contributed by atoms with Crippen molar-refractivity contribution in [3.8, 4) is 0 Å². The van der Waals surface area contributed by atoms with Crippen molar-refractivity contribution >= 4 is 12.0 Å². The summed E-state index contributed by atoms with van der Waals surface area (Å²) in [5.41, 5.74) is -1.07. The number of rotatable bonds is 1. The number of benzene rings is 1. The fourth-order valence-corrected chi connectivity index (χ4v) is 0.844. The monoisotopic (exact) mass is 201 g/mol. The van der Waals surface area contributed by atoms with E-state index in [0.29, 0.717) is 12.1 Å². The second-order valence-corrected chi connectivity index (χ2v) is 2.25. The summed E-state index contributed by atoms with van der Waals surface area (Å²) in [6, 6.07) is 0.632. The molecule has 0 aliphatic heterocycles. The van der Waals surface area contributed by atoms with Crippen LogP contribution in [0.3, 0.4) is 0 Å². The van der Waals surface area contributed by atoms with Crippen LogP contribution < -0.4 is 0 Å². The van der Waals surface area contributed by atoms with E-state index in [4.69, 9.17) is 0 Å². The molecule has 1 aromatic carbocycles. The number of hydrogen-bond donors (Lipinski definition) is 0. The van der Waals surface area contributed by atoms with Crippen LogP contribution in [-0.4, -0.2) is 12.0 Å². The van der Waals surface area contributed by atoms with Crippen molar-refractivity contribution in [1.29, 1.82) is 0 Å². The number of halogens is 3. The van der Waals surface area contributed by atoms with E-state index >= 15 is 0 Å². The molecule has 3 nitrogen and oxygen atoms in total. The molecule has 0 aliphatic carbocycles. The Morgan fingerprint density at radius 3 is 2.14 bits per heavy atom. The molecule has 0 fully saturated rings. The third-order valence-electron chi connectivity index (χ3n) is 1.37. The van der Waals surface area contributed by atoms with Crippen LogP contribution in [0, 0.1) is 17.5 Å². The molecule has 0 unspecified atom stereocenters. The minimum atomic E-state index is -1.44. The van der Waals surface area contributed by atoms with Crippen LogP contribution in [0.2, 0.25) is 0 Å². The normalized spacial score (nSPS) is 9.36. The third kappa shape index (κ3) is 1.86. The lowest BCUT2D eigenvalue weighted by Crippen LogP contribution is -2.03. The highest BCUT2D eigenvalue weighted by molar-refractivity contribution is 5.97. The Morgan fingerprint density at radius 2 is 1.71 bits per heavy atom. The van der Waals surface area contributed by atoms with E-state index in [9.17, 15) is 22.8 Å². The molecule has 0 radical (unpaired) electrons. The molecular weight excluding hydrogens is 199 g/mol. The molecule has 0 N–H and O–H groups in total. The molecule has 0 aromatic heterocycles. The summed E-state index contributed by atoms with van der Waals surface area (Å²) in [5.74, 6) is -5.42. The molecule has 72 valence electrons. The summed E-state index contributed by atoms with van der Waals surface area (Å²) >= 11 is 0. The second kappa shape index (κ2) is 3.85. The topological polar surface area (TPSA) is 46.5 Å². The van der Waals surface area contributed by atoms with Crippen molar-refractivity contribution in [2.24, 2.45) is 4.99 Å². The van der Waals surface area contributed by atoms with Gasteiger partial charge in [0.1, 0.15) is 23.0 Å². The van der Waals surface area contributed by atoms with Crippen molar-refractivity contribution in [2.75, 3.05) is 0 Å². The average Bonchev–Trinajstić information content (AvgIpc) is 2.01. The van der Waals surface area contributed by atoms with Crippen LogP contribution in [0.5, 0.6) is 0 Å². The Hall–Kier alpha value is -1.94. The Bertz CT molecular complexity index is 415. The van der Waals surface area contributed by atoms with Gasteiger partial charge in [-0.2, -0.15) is 0 Å². The summed E-state index contributed by atoms with van der Waals surface area (Å²) in [4.78, 5) is 22.9. The first-order chi connectivity index (χ1) is 6.56. The predicted molar refractivity (Wildman–Crippen MR) is 38.8 cm³/mol. The van der Waals surface area contributed by atoms with Crippen LogP contribution in [-0.2, 0) is 4.79 Å². The zero-order chi connectivity index (χ0) is 10.7. The van der Waals surface area contributed by atoms with Crippen molar-refractivity contribution in [1.82, 2.24) is 0 Å². The van der Waals surface area contributed by atoms with Crippen LogP contribution in [0.25, 0.3) is 0 Å². The van der Waals surface area contributed by atoms with Crippen LogP contribution in [0.1, 0.15) is 10.4 Å². The van der Waals surface area contributed by atoms with E-state index in [-0.39, 0.29) is 0 Å². The van der Waals surface area contributed by atoms with E-state index in [2.05, 4.69) is 4.99 Å². The van der Waals surface area contributed by atoms with Gasteiger partial charge in [0.05, 0.1) is 0 Å². The van der Waals surface area contributed by atoms with E-state index in [1.807, 2.05) is 0 Å². The number of carbonyl (C=O) groups is 1. The first kappa shape index (κ1) is 10.1. The van der Waals surface area contributed by atoms with Crippen LogP contribution >= 0.6 is 0 Å². The quantitative estimate of drug-likeness (QED) is 0.511. The highest BCUT2D eigenvalue weighted by Gasteiger charge is 2.18. The third-order valence-corrected chi connectivity index (χ3v) is 1.37. The minimum Gasteiger partial charge on any atom is -0.266 e. The number of aliphatic imine (C=N–C) groups is 1. The Kier molecular flexibility index (Phi) is 2.79. The van der Waals surface area contributed by atoms with E-state index in [0.717, 1.165) is 6.08 Å². The highest BCUT2D eigenvalue weighted by atomic mass is 19.1. The molecule has 0 atom stereocenters. The number of hydrogen-bond acceptors (Lipinski definition) is 2. The smallest absolute Gasteiger partial charge is 0.266 e. The summed E-state index contributed by atoms with van der Waals surface area (Å²) < 4.78 is 37.9. The number of isocyanates is 1. The number of nitrogens with zero attached hydrogens (tertiary/aromatic N) is 1. The van der Waals surface area contributed by atoms with Crippen molar-refractivity contribution < 1.29 is 22.8 Å². The van der Waals surface area contributed by atoms with Gasteiger partial charge in [-0.3, -0.25) is 4.79 Å². The van der Waals surface area contributed by atoms with Gasteiger partial charge in [0.25, 0.3) is 5.91 Å². The highest BCUT2D eigenvalue weighted by Crippen LogP contribution is 2.15. The minimum absolute atomic E-state index is 0.316. The van der Waals surface area contributed by atoms with Gasteiger partial charge in [-0.25, -0.2) is 18.0 Å². The zero-order valence-electron chi connectivity index (χ0n) is 6.55. The van der Waals surface area contributed by atoms with Gasteiger partial charge in [0.15, 0.2) is 0 Å². The molecule has 6 heteroatoms. The molecule has 0 heterocycles. The van der Waals surface area contributed by atoms with Gasteiger partial charge in [-0.1, -0.05) is 0 Å². The Morgan fingerprint density at radius 1 is 1.21 bits per heavy atom. The van der Waals surface area contributed by atoms with E-state index in [1.54, 1.807) is 0 Å². The first-order valence-corrected chi connectivity index (χ1v) is 3.33. The van der Waals surface area contributed by atoms with Gasteiger partial charge >= 0.3 is 0 Å². The number of carbonyl (C=O) groups excluding carboxylic acids is 2. The summed E-state index contributed by atoms with van der Waals surface area (Å²) in [5, 5.41) is 0. The molecule has 0 bridgehead atoms. The van der Waals surface area contributed by atoms with Gasteiger partial charge in [0, 0.05) is 12.1 Å². The first-order valence-electron chi connectivity index (χ1n) is 3.33. The summed E-state index contributed by atoms with van der Waals surface area (Å²) in [7, 11) is 0. The predicted octanol–water partition coefficient (Wildman–Crippen LogP) is 1.58. The van der Waals surface area contributed by atoms with Crippen molar-refractivity contribution in [3.63, 3.8) is 0 Å². The maximum atomic E-state index is 12.8. The zero-order valence-corrected chi connectivity index (χ0v) is 6.55. The van der Waals surface area contributed by atoms with Crippen LogP contribution in [0.4, 0.5) is 13.2 Å². The maximum Gasteiger partial charge on any atom is 0.293 e. The standard InChI is InChI=1S/C8H2F3NO2/c9-4-1-5(10)7(6(11)2-4)8(14)12-3-13/h1-2H. The lowest BCUT2D eigenvalue weighted by Gasteiger charge is -1.98. The lowest BCUT2D eigenvalue weighted by atomic mass is 10.2. The average molecular weight is 201 g/mol. The molecule has 1 aromatic rings. The lowest BCUT2D eigenvalue weighted by molar-refractivity contribution is 0.0994. The summed E-state index contributed by atoms with van der Waals surface area (Å²) in [6.45, 7) is 0. The van der Waals surface area contributed by atoms with E-state index < -0.39 is 28.9 Å². The van der Waals surface area contributed by atoms with Crippen molar-refractivity contribution in [2.45, 2.75) is 0 Å². The maximum absolute atomic E-state index is 12.8. The van der Waals surface area contributed by atoms with Gasteiger partial charge in [-0.05, 0) is 0 Å². The SMILES string of the molecule is O=C=NC(=O)c1c(F)cc(F)cc1F. The number of amides is 1. The Labute approximate surface area is 75.9 Å². The molecule has 0 aliphatic rings. The largest absolute Gasteiger partial charge is 0.293 e. The molecule has 1 amide bonds. The van der Waals surface area contributed by atoms with Gasteiger partial charge in [0.2, 0.25) is 6.08 Å². The molecule has 1 rings (SSSR count). The Balaban J connectivity index is 3.34. The molecule has 0 saturated heterocycles. The molecule has 14 heavy (non-hydrogen) atoms. The molecular formula is C8H2F3NO2. The molecule has 0 saturated carbocycles. The van der Waals surface area contributed by atoms with Gasteiger partial charge in [-0.15, -0.1) is 4.99 Å².